The molecule has 0 aliphatic heterocycles. The molecule has 0 rings (SSSR count). The van der Waals surface area contributed by atoms with E-state index < -0.39 is 7.82 Å². The van der Waals surface area contributed by atoms with Crippen LogP contribution in [0.2, 0.25) is 0 Å². The van der Waals surface area contributed by atoms with Crippen molar-refractivity contribution < 1.29 is 28.6 Å². The molecule has 210 valence electrons. The molecule has 0 aromatic carbocycles. The number of quaternary nitrogens is 1. The number of carbonyl (C=O) groups excluding carboxylic acids is 1. The summed E-state index contributed by atoms with van der Waals surface area (Å²) in [5.74, 6) is 0.209. The molecule has 6 nitrogen and oxygen atoms in total. The lowest BCUT2D eigenvalue weighted by molar-refractivity contribution is -0.627. The molecular weight excluding hydrogens is 461 g/mol. The second-order valence-corrected chi connectivity index (χ2v) is 11.7. The molecule has 0 aromatic rings. The molecule has 0 fully saturated rings. The van der Waals surface area contributed by atoms with Gasteiger partial charge < -0.3 is 10.2 Å². The summed E-state index contributed by atoms with van der Waals surface area (Å²) in [4.78, 5) is 22.1. The van der Waals surface area contributed by atoms with Gasteiger partial charge in [-0.25, -0.2) is 4.57 Å². The zero-order chi connectivity index (χ0) is 26.0. The molecule has 0 amide bonds. The van der Waals surface area contributed by atoms with Gasteiger partial charge in [0, 0.05) is 12.8 Å². The second kappa shape index (κ2) is 25.4. The van der Waals surface area contributed by atoms with Gasteiger partial charge in [-0.05, 0) is 31.6 Å². The lowest BCUT2D eigenvalue weighted by Gasteiger charge is -2.19. The first-order valence-electron chi connectivity index (χ1n) is 14.9. The van der Waals surface area contributed by atoms with E-state index in [1.54, 1.807) is 0 Å². The zero-order valence-corrected chi connectivity index (χ0v) is 24.3. The van der Waals surface area contributed by atoms with Gasteiger partial charge in [0.15, 0.2) is 0 Å². The number of hydrogen-bond acceptors (Lipinski definition) is 4. The van der Waals surface area contributed by atoms with Gasteiger partial charge in [0.1, 0.15) is 5.78 Å². The molecule has 0 aliphatic rings. The number of phosphoric ester groups is 1. The highest BCUT2D eigenvalue weighted by Gasteiger charge is 2.24. The third kappa shape index (κ3) is 25.2. The monoisotopic (exact) mass is 520 g/mol. The number of rotatable bonds is 28. The van der Waals surface area contributed by atoms with Crippen LogP contribution in [0.15, 0.2) is 0 Å². The average Bonchev–Trinajstić information content (AvgIpc) is 2.82. The van der Waals surface area contributed by atoms with E-state index in [1.165, 1.54) is 77.0 Å². The molecule has 3 N–H and O–H groups in total. The van der Waals surface area contributed by atoms with Crippen LogP contribution >= 0.6 is 7.82 Å². The van der Waals surface area contributed by atoms with Gasteiger partial charge in [0.05, 0.1) is 26.8 Å². The Bertz CT molecular complexity index is 518. The third-order valence-electron chi connectivity index (χ3n) is 6.63. The highest BCUT2D eigenvalue weighted by molar-refractivity contribution is 7.47. The molecule has 0 saturated heterocycles. The molecule has 0 radical (unpaired) electrons. The number of Topliss-reactive ketones (excluding diaryl/α,β-unsaturated/α-hetero) is 1. The molecule has 2 unspecified atom stereocenters. The van der Waals surface area contributed by atoms with Gasteiger partial charge in [-0.2, -0.15) is 0 Å². The minimum atomic E-state index is -4.05. The Balaban J connectivity index is 3.98. The Hall–Kier alpha value is -0.260. The standard InChI is InChI=1S/C28H58NO5P/c1-4-6-7-8-9-10-11-12-13-14-15-16-17-18-22-27(25-28(30)21-5-2)26-34-35(31,32)33-24-20-19-23-29-3/h27,29H,4-26H2,1-3H3,(H,31,32)/p+1. The van der Waals surface area contributed by atoms with Crippen LogP contribution < -0.4 is 5.32 Å². The fourth-order valence-corrected chi connectivity index (χ4v) is 5.28. The number of unbranched alkanes of at least 4 members (excludes halogenated alkanes) is 14. The van der Waals surface area contributed by atoms with Crippen LogP contribution in [0.5, 0.6) is 0 Å². The van der Waals surface area contributed by atoms with Crippen molar-refractivity contribution in [3.63, 3.8) is 0 Å². The molecule has 2 atom stereocenters. The maximum absolute atomic E-state index is 12.2. The van der Waals surface area contributed by atoms with E-state index >= 15 is 0 Å². The molecule has 7 heteroatoms. The average molecular weight is 521 g/mol. The Labute approximate surface area is 217 Å². The smallest absolute Gasteiger partial charge is 0.349 e. The van der Waals surface area contributed by atoms with Crippen LogP contribution in [0.1, 0.15) is 142 Å². The van der Waals surface area contributed by atoms with Crippen molar-refractivity contribution in [3.05, 3.63) is 0 Å². The van der Waals surface area contributed by atoms with Crippen LogP contribution in [-0.4, -0.2) is 37.5 Å². The molecular formula is C28H59NO5P+. The minimum absolute atomic E-state index is 0.00913. The maximum Gasteiger partial charge on any atom is 0.472 e. The summed E-state index contributed by atoms with van der Waals surface area (Å²) in [5, 5.41) is 2.07. The summed E-state index contributed by atoms with van der Waals surface area (Å²) in [5.41, 5.74) is 0. The van der Waals surface area contributed by atoms with Crippen molar-refractivity contribution in [3.8, 4) is 0 Å². The lowest BCUT2D eigenvalue weighted by atomic mass is 9.94. The summed E-state index contributed by atoms with van der Waals surface area (Å²) in [6, 6.07) is 0. The number of nitrogens with two attached hydrogens (primary N) is 1. The molecule has 0 aromatic heterocycles. The van der Waals surface area contributed by atoms with Crippen LogP contribution in [0.4, 0.5) is 0 Å². The van der Waals surface area contributed by atoms with E-state index in [0.717, 1.165) is 45.1 Å². The van der Waals surface area contributed by atoms with Crippen molar-refractivity contribution in [2.45, 2.75) is 142 Å². The van der Waals surface area contributed by atoms with Crippen molar-refractivity contribution in [1.82, 2.24) is 0 Å². The largest absolute Gasteiger partial charge is 0.472 e. The van der Waals surface area contributed by atoms with Crippen molar-refractivity contribution in [2.24, 2.45) is 5.92 Å². The summed E-state index contributed by atoms with van der Waals surface area (Å²) < 4.78 is 22.6. The zero-order valence-electron chi connectivity index (χ0n) is 23.4. The predicted octanol–water partition coefficient (Wildman–Crippen LogP) is 7.34. The highest BCUT2D eigenvalue weighted by atomic mass is 31.2. The number of phosphoric acid groups is 1. The van der Waals surface area contributed by atoms with E-state index in [-0.39, 0.29) is 24.9 Å². The fraction of sp³-hybridized carbons (Fsp3) is 0.964. The van der Waals surface area contributed by atoms with E-state index in [0.29, 0.717) is 12.8 Å². The van der Waals surface area contributed by atoms with E-state index in [4.69, 9.17) is 9.05 Å². The van der Waals surface area contributed by atoms with E-state index in [2.05, 4.69) is 12.2 Å². The predicted molar refractivity (Wildman–Crippen MR) is 147 cm³/mol. The molecule has 0 bridgehead atoms. The van der Waals surface area contributed by atoms with E-state index in [1.807, 2.05) is 14.0 Å². The fourth-order valence-electron chi connectivity index (χ4n) is 4.44. The second-order valence-electron chi connectivity index (χ2n) is 10.2. The van der Waals surface area contributed by atoms with Crippen molar-refractivity contribution in [1.29, 1.82) is 0 Å². The first-order valence-corrected chi connectivity index (χ1v) is 16.4. The summed E-state index contributed by atoms with van der Waals surface area (Å²) in [6.45, 7) is 5.58. The summed E-state index contributed by atoms with van der Waals surface area (Å²) >= 11 is 0. The molecule has 0 aliphatic carbocycles. The SMILES string of the molecule is CCCCCCCCCCCCCCCCC(COP(=O)(O)OCCCC[NH2+]C)CC(=O)CCC. The van der Waals surface area contributed by atoms with Crippen molar-refractivity contribution >= 4 is 13.6 Å². The van der Waals surface area contributed by atoms with Crippen LogP contribution in [0.25, 0.3) is 0 Å². The molecule has 35 heavy (non-hydrogen) atoms. The molecule has 0 spiro atoms. The lowest BCUT2D eigenvalue weighted by Crippen LogP contribution is -2.79. The Kier molecular flexibility index (Phi) is 25.2. The number of carbonyl (C=O) groups is 1. The normalized spacial score (nSPS) is 14.2. The summed E-state index contributed by atoms with van der Waals surface area (Å²) in [6.07, 6.45) is 22.8. The number of hydrogen-bond donors (Lipinski definition) is 2. The first-order chi connectivity index (χ1) is 16.9. The van der Waals surface area contributed by atoms with Gasteiger partial charge in [-0.1, -0.05) is 104 Å². The quantitative estimate of drug-likeness (QED) is 0.0832. The number of ketones is 1. The Morgan fingerprint density at radius 2 is 1.31 bits per heavy atom. The van der Waals surface area contributed by atoms with Crippen LogP contribution in [0.3, 0.4) is 0 Å². The Morgan fingerprint density at radius 3 is 1.83 bits per heavy atom. The van der Waals surface area contributed by atoms with Gasteiger partial charge in [-0.3, -0.25) is 13.8 Å². The molecule has 0 saturated carbocycles. The van der Waals surface area contributed by atoms with Gasteiger partial charge in [0.25, 0.3) is 0 Å². The topological polar surface area (TPSA) is 89.4 Å². The van der Waals surface area contributed by atoms with E-state index in [9.17, 15) is 14.3 Å². The first kappa shape index (κ1) is 34.7. The van der Waals surface area contributed by atoms with Gasteiger partial charge in [-0.15, -0.1) is 0 Å². The van der Waals surface area contributed by atoms with Crippen LogP contribution in [0, 0.1) is 5.92 Å². The van der Waals surface area contributed by atoms with Crippen LogP contribution in [-0.2, 0) is 18.4 Å². The van der Waals surface area contributed by atoms with Gasteiger partial charge in [0.2, 0.25) is 0 Å². The maximum atomic E-state index is 12.2. The third-order valence-corrected chi connectivity index (χ3v) is 7.61. The Morgan fingerprint density at radius 1 is 0.771 bits per heavy atom. The molecule has 0 heterocycles. The highest BCUT2D eigenvalue weighted by Crippen LogP contribution is 2.44. The summed E-state index contributed by atoms with van der Waals surface area (Å²) in [7, 11) is -2.05. The van der Waals surface area contributed by atoms with Gasteiger partial charge >= 0.3 is 7.82 Å². The van der Waals surface area contributed by atoms with Crippen molar-refractivity contribution in [2.75, 3.05) is 26.8 Å². The minimum Gasteiger partial charge on any atom is -0.349 e.